The Bertz CT molecular complexity index is 937. The Hall–Kier alpha value is -3.03. The number of carbonyl (C=O) groups is 1. The number of hydrazone groups is 1. The molecule has 29 heavy (non-hydrogen) atoms. The summed E-state index contributed by atoms with van der Waals surface area (Å²) in [4.78, 5) is 23.7. The third kappa shape index (κ3) is 3.12. The molecular weight excluding hydrogens is 371 g/mol. The summed E-state index contributed by atoms with van der Waals surface area (Å²) in [5, 5.41) is 6.11. The number of rotatable bonds is 3. The van der Waals surface area contributed by atoms with Crippen LogP contribution in [0.25, 0.3) is 0 Å². The summed E-state index contributed by atoms with van der Waals surface area (Å²) in [5.41, 5.74) is 6.72. The molecule has 3 unspecified atom stereocenters. The molecule has 0 spiro atoms. The van der Waals surface area contributed by atoms with Gasteiger partial charge in [0.2, 0.25) is 11.9 Å². The van der Waals surface area contributed by atoms with E-state index in [2.05, 4.69) is 15.1 Å². The van der Waals surface area contributed by atoms with Crippen LogP contribution in [0.3, 0.4) is 0 Å². The first-order valence-corrected chi connectivity index (χ1v) is 10.0. The Morgan fingerprint density at radius 3 is 2.55 bits per heavy atom. The van der Waals surface area contributed by atoms with Gasteiger partial charge in [-0.25, -0.2) is 14.4 Å². The summed E-state index contributed by atoms with van der Waals surface area (Å²) in [5.74, 6) is 0.169. The van der Waals surface area contributed by atoms with E-state index in [0.29, 0.717) is 19.0 Å². The molecule has 150 valence electrons. The van der Waals surface area contributed by atoms with Gasteiger partial charge in [-0.2, -0.15) is 10.1 Å². The Morgan fingerprint density at radius 1 is 1.14 bits per heavy atom. The number of amides is 1. The van der Waals surface area contributed by atoms with Gasteiger partial charge < -0.3 is 10.6 Å². The lowest BCUT2D eigenvalue weighted by Crippen LogP contribution is -2.48. The number of nitrogen functional groups attached to an aromatic ring is 1. The first-order valence-electron chi connectivity index (χ1n) is 10.0. The van der Waals surface area contributed by atoms with Crippen LogP contribution in [0, 0.1) is 23.6 Å². The lowest BCUT2D eigenvalue weighted by molar-refractivity contribution is -0.140. The van der Waals surface area contributed by atoms with E-state index in [-0.39, 0.29) is 35.5 Å². The maximum Gasteiger partial charge on any atom is 0.247 e. The lowest BCUT2D eigenvalue weighted by atomic mass is 9.84. The van der Waals surface area contributed by atoms with Crippen molar-refractivity contribution in [3.8, 4) is 0 Å². The second kappa shape index (κ2) is 7.09. The number of halogens is 1. The van der Waals surface area contributed by atoms with Crippen molar-refractivity contribution in [3.05, 3.63) is 47.9 Å². The van der Waals surface area contributed by atoms with Crippen LogP contribution in [-0.4, -0.2) is 40.2 Å². The van der Waals surface area contributed by atoms with Gasteiger partial charge in [0.25, 0.3) is 0 Å². The monoisotopic (exact) mass is 394 g/mol. The van der Waals surface area contributed by atoms with E-state index in [9.17, 15) is 9.18 Å². The number of nitrogens with zero attached hydrogens (tertiary/aromatic N) is 5. The number of carbonyl (C=O) groups excluding carboxylic acids is 1. The Kier molecular flexibility index (Phi) is 4.41. The maximum absolute atomic E-state index is 13.5. The number of fused-ring (bicyclic) bond motifs is 2. The minimum Gasteiger partial charge on any atom is -0.381 e. The van der Waals surface area contributed by atoms with Crippen LogP contribution in [0.4, 0.5) is 16.2 Å². The SMILES string of the molecule is Nc1nc(N2CC3CCC(C2)C3C(=O)N2N=CCC2c2ccccc2)ncc1F. The molecule has 7 nitrogen and oxygen atoms in total. The van der Waals surface area contributed by atoms with Gasteiger partial charge in [-0.15, -0.1) is 0 Å². The standard InChI is InChI=1S/C21H23FN6O/c22-16-10-24-21(26-19(16)23)27-11-14-6-7-15(12-27)18(14)20(29)28-17(8-9-25-28)13-4-2-1-3-5-13/h1-5,9-10,14-15,17-18H,6-8,11-12H2,(H2,23,24,26). The van der Waals surface area contributed by atoms with E-state index >= 15 is 0 Å². The Morgan fingerprint density at radius 2 is 1.86 bits per heavy atom. The van der Waals surface area contributed by atoms with Crippen molar-refractivity contribution >= 4 is 23.9 Å². The van der Waals surface area contributed by atoms with Gasteiger partial charge in [-0.1, -0.05) is 30.3 Å². The van der Waals surface area contributed by atoms with Crippen molar-refractivity contribution in [3.63, 3.8) is 0 Å². The molecule has 2 N–H and O–H groups in total. The average molecular weight is 394 g/mol. The molecule has 1 aromatic carbocycles. The first-order chi connectivity index (χ1) is 14.1. The Balaban J connectivity index is 1.34. The number of benzene rings is 1. The fraction of sp³-hybridized carbons (Fsp3) is 0.429. The third-order valence-corrected chi connectivity index (χ3v) is 6.40. The summed E-state index contributed by atoms with van der Waals surface area (Å²) in [6, 6.07) is 10.0. The zero-order valence-electron chi connectivity index (χ0n) is 16.0. The molecule has 1 saturated heterocycles. The van der Waals surface area contributed by atoms with E-state index in [1.165, 1.54) is 0 Å². The number of aromatic nitrogens is 2. The van der Waals surface area contributed by atoms with E-state index in [1.807, 2.05) is 41.4 Å². The van der Waals surface area contributed by atoms with Crippen LogP contribution in [0.2, 0.25) is 0 Å². The summed E-state index contributed by atoms with van der Waals surface area (Å²) in [7, 11) is 0. The number of piperidine rings is 1. The van der Waals surface area contributed by atoms with Crippen molar-refractivity contribution in [1.82, 2.24) is 15.0 Å². The zero-order chi connectivity index (χ0) is 20.0. The second-order valence-electron chi connectivity index (χ2n) is 8.07. The summed E-state index contributed by atoms with van der Waals surface area (Å²) in [6.45, 7) is 1.34. The highest BCUT2D eigenvalue weighted by molar-refractivity contribution is 5.83. The summed E-state index contributed by atoms with van der Waals surface area (Å²) >= 11 is 0. The highest BCUT2D eigenvalue weighted by atomic mass is 19.1. The molecule has 1 aromatic heterocycles. The van der Waals surface area contributed by atoms with Gasteiger partial charge in [0.15, 0.2) is 11.6 Å². The molecule has 2 fully saturated rings. The highest BCUT2D eigenvalue weighted by Crippen LogP contribution is 2.45. The van der Waals surface area contributed by atoms with Crippen LogP contribution in [0.1, 0.15) is 30.9 Å². The minimum absolute atomic E-state index is 0.0265. The highest BCUT2D eigenvalue weighted by Gasteiger charge is 2.49. The lowest BCUT2D eigenvalue weighted by Gasteiger charge is -2.39. The van der Waals surface area contributed by atoms with E-state index in [1.54, 1.807) is 5.01 Å². The first kappa shape index (κ1) is 18.0. The molecule has 2 aromatic rings. The van der Waals surface area contributed by atoms with Crippen molar-refractivity contribution in [2.75, 3.05) is 23.7 Å². The number of hydrogen-bond donors (Lipinski definition) is 1. The predicted octanol–water partition coefficient (Wildman–Crippen LogP) is 2.62. The van der Waals surface area contributed by atoms with Gasteiger partial charge in [0, 0.05) is 31.6 Å². The van der Waals surface area contributed by atoms with E-state index < -0.39 is 5.82 Å². The molecule has 2 bridgehead atoms. The molecular formula is C21H23FN6O. The molecule has 3 atom stereocenters. The van der Waals surface area contributed by atoms with E-state index in [4.69, 9.17) is 5.73 Å². The van der Waals surface area contributed by atoms with Crippen molar-refractivity contribution in [1.29, 1.82) is 0 Å². The van der Waals surface area contributed by atoms with Crippen molar-refractivity contribution in [2.24, 2.45) is 22.9 Å². The molecule has 1 saturated carbocycles. The molecule has 8 heteroatoms. The fourth-order valence-corrected chi connectivity index (χ4v) is 5.04. The predicted molar refractivity (Wildman–Crippen MR) is 107 cm³/mol. The third-order valence-electron chi connectivity index (χ3n) is 6.40. The van der Waals surface area contributed by atoms with Crippen LogP contribution in [0.5, 0.6) is 0 Å². The van der Waals surface area contributed by atoms with Gasteiger partial charge >= 0.3 is 0 Å². The summed E-state index contributed by atoms with van der Waals surface area (Å²) < 4.78 is 13.4. The smallest absolute Gasteiger partial charge is 0.247 e. The Labute approximate surface area is 168 Å². The zero-order valence-corrected chi connectivity index (χ0v) is 16.0. The molecule has 5 rings (SSSR count). The second-order valence-corrected chi connectivity index (χ2v) is 8.07. The fourth-order valence-electron chi connectivity index (χ4n) is 5.04. The molecule has 1 amide bonds. The van der Waals surface area contributed by atoms with Crippen molar-refractivity contribution < 1.29 is 9.18 Å². The molecule has 0 radical (unpaired) electrons. The molecule has 2 aliphatic heterocycles. The number of nitrogens with two attached hydrogens (primary N) is 1. The van der Waals surface area contributed by atoms with Crippen LogP contribution < -0.4 is 10.6 Å². The molecule has 1 aliphatic carbocycles. The molecule has 3 aliphatic rings. The normalized spacial score (nSPS) is 28.2. The number of anilines is 2. The van der Waals surface area contributed by atoms with Gasteiger partial charge in [-0.05, 0) is 30.2 Å². The molecule has 3 heterocycles. The topological polar surface area (TPSA) is 87.7 Å². The van der Waals surface area contributed by atoms with Crippen molar-refractivity contribution in [2.45, 2.75) is 25.3 Å². The van der Waals surface area contributed by atoms with Crippen LogP contribution in [0.15, 0.2) is 41.6 Å². The van der Waals surface area contributed by atoms with E-state index in [0.717, 1.165) is 31.0 Å². The largest absolute Gasteiger partial charge is 0.381 e. The van der Waals surface area contributed by atoms with Crippen LogP contribution in [-0.2, 0) is 4.79 Å². The quantitative estimate of drug-likeness (QED) is 0.865. The van der Waals surface area contributed by atoms with Gasteiger partial charge in [0.05, 0.1) is 12.2 Å². The maximum atomic E-state index is 13.5. The van der Waals surface area contributed by atoms with Crippen LogP contribution >= 0.6 is 0 Å². The number of hydrogen-bond acceptors (Lipinski definition) is 6. The van der Waals surface area contributed by atoms with Gasteiger partial charge in [0.1, 0.15) is 0 Å². The average Bonchev–Trinajstić information content (AvgIpc) is 3.33. The van der Waals surface area contributed by atoms with Gasteiger partial charge in [-0.3, -0.25) is 4.79 Å². The summed E-state index contributed by atoms with van der Waals surface area (Å²) in [6.07, 6.45) is 5.66. The minimum atomic E-state index is -0.611.